The number of carbonyl (C=O) groups excluding carboxylic acids is 1. The molecule has 0 radical (unpaired) electrons. The van der Waals surface area contributed by atoms with E-state index in [0.717, 1.165) is 0 Å². The first-order valence-electron chi connectivity index (χ1n) is 4.36. The summed E-state index contributed by atoms with van der Waals surface area (Å²) in [6.07, 6.45) is 0.324. The van der Waals surface area contributed by atoms with Gasteiger partial charge in [0.05, 0.1) is 5.75 Å². The summed E-state index contributed by atoms with van der Waals surface area (Å²) < 4.78 is 21.0. The van der Waals surface area contributed by atoms with Crippen LogP contribution in [0.1, 0.15) is 20.3 Å². The van der Waals surface area contributed by atoms with Crippen molar-refractivity contribution in [3.05, 3.63) is 0 Å². The van der Waals surface area contributed by atoms with Gasteiger partial charge in [0.15, 0.2) is 0 Å². The van der Waals surface area contributed by atoms with Crippen molar-refractivity contribution in [2.24, 2.45) is 5.14 Å². The first-order chi connectivity index (χ1) is 6.31. The fourth-order valence-electron chi connectivity index (χ4n) is 0.788. The van der Waals surface area contributed by atoms with E-state index in [1.807, 2.05) is 13.8 Å². The van der Waals surface area contributed by atoms with Crippen LogP contribution in [0.15, 0.2) is 0 Å². The molecule has 2 amide bonds. The molecule has 0 atom stereocenters. The number of hydrogen-bond donors (Lipinski definition) is 3. The summed E-state index contributed by atoms with van der Waals surface area (Å²) in [7, 11) is -3.42. The van der Waals surface area contributed by atoms with Crippen molar-refractivity contribution in [2.75, 3.05) is 12.3 Å². The minimum absolute atomic E-state index is 0.0632. The lowest BCUT2D eigenvalue weighted by molar-refractivity contribution is 0.238. The first kappa shape index (κ1) is 13.2. The Labute approximate surface area is 84.3 Å². The van der Waals surface area contributed by atoms with Crippen LogP contribution < -0.4 is 15.8 Å². The Kier molecular flexibility index (Phi) is 5.47. The smallest absolute Gasteiger partial charge is 0.314 e. The Morgan fingerprint density at radius 2 is 2.00 bits per heavy atom. The van der Waals surface area contributed by atoms with E-state index < -0.39 is 10.0 Å². The fraction of sp³-hybridized carbons (Fsp3) is 0.857. The van der Waals surface area contributed by atoms with Crippen LogP contribution in [0.25, 0.3) is 0 Å². The van der Waals surface area contributed by atoms with E-state index in [2.05, 4.69) is 10.6 Å². The summed E-state index contributed by atoms with van der Waals surface area (Å²) >= 11 is 0. The molecule has 0 fully saturated rings. The molecule has 0 rings (SSSR count). The van der Waals surface area contributed by atoms with Crippen molar-refractivity contribution in [3.8, 4) is 0 Å². The predicted octanol–water partition coefficient (Wildman–Crippen LogP) is -0.627. The van der Waals surface area contributed by atoms with Gasteiger partial charge in [-0.1, -0.05) is 0 Å². The van der Waals surface area contributed by atoms with Gasteiger partial charge in [-0.15, -0.1) is 0 Å². The van der Waals surface area contributed by atoms with Crippen LogP contribution in [-0.4, -0.2) is 32.8 Å². The van der Waals surface area contributed by atoms with E-state index in [-0.39, 0.29) is 17.8 Å². The number of urea groups is 1. The molecule has 0 unspecified atom stereocenters. The molecular formula is C7H17N3O3S. The highest BCUT2D eigenvalue weighted by Gasteiger charge is 2.04. The van der Waals surface area contributed by atoms with Gasteiger partial charge >= 0.3 is 6.03 Å². The molecule has 4 N–H and O–H groups in total. The Balaban J connectivity index is 3.51. The van der Waals surface area contributed by atoms with Crippen LogP contribution in [0.5, 0.6) is 0 Å². The number of nitrogens with one attached hydrogen (secondary N) is 2. The van der Waals surface area contributed by atoms with Crippen LogP contribution in [0, 0.1) is 0 Å². The summed E-state index contributed by atoms with van der Waals surface area (Å²) in [6, 6.07) is -0.234. The van der Waals surface area contributed by atoms with Gasteiger partial charge in [0.1, 0.15) is 0 Å². The third-order valence-corrected chi connectivity index (χ3v) is 2.17. The third-order valence-electron chi connectivity index (χ3n) is 1.31. The van der Waals surface area contributed by atoms with Gasteiger partial charge in [-0.25, -0.2) is 18.4 Å². The normalized spacial score (nSPS) is 11.4. The average Bonchev–Trinajstić information content (AvgIpc) is 1.95. The van der Waals surface area contributed by atoms with Crippen LogP contribution in [-0.2, 0) is 10.0 Å². The van der Waals surface area contributed by atoms with E-state index in [4.69, 9.17) is 5.14 Å². The number of carbonyl (C=O) groups is 1. The summed E-state index contributed by atoms with van der Waals surface area (Å²) in [5, 5.41) is 9.90. The zero-order chi connectivity index (χ0) is 11.2. The number of hydrogen-bond acceptors (Lipinski definition) is 3. The van der Waals surface area contributed by atoms with E-state index in [1.165, 1.54) is 0 Å². The average molecular weight is 223 g/mol. The van der Waals surface area contributed by atoms with Gasteiger partial charge in [0, 0.05) is 12.6 Å². The van der Waals surface area contributed by atoms with E-state index in [0.29, 0.717) is 13.0 Å². The molecule has 0 aliphatic rings. The zero-order valence-corrected chi connectivity index (χ0v) is 9.23. The molecule has 0 spiro atoms. The SMILES string of the molecule is CC(C)NC(=O)NCCCS(N)(=O)=O. The number of amides is 2. The van der Waals surface area contributed by atoms with Gasteiger partial charge in [-0.2, -0.15) is 0 Å². The maximum atomic E-state index is 11.0. The van der Waals surface area contributed by atoms with Crippen molar-refractivity contribution in [1.29, 1.82) is 0 Å². The second-order valence-electron chi connectivity index (χ2n) is 3.28. The Hall–Kier alpha value is -0.820. The maximum Gasteiger partial charge on any atom is 0.314 e. The topological polar surface area (TPSA) is 101 Å². The van der Waals surface area contributed by atoms with Crippen molar-refractivity contribution in [3.63, 3.8) is 0 Å². The molecule has 84 valence electrons. The molecule has 7 heteroatoms. The lowest BCUT2D eigenvalue weighted by atomic mass is 10.4. The second kappa shape index (κ2) is 5.82. The molecule has 6 nitrogen and oxygen atoms in total. The van der Waals surface area contributed by atoms with Crippen molar-refractivity contribution < 1.29 is 13.2 Å². The lowest BCUT2D eigenvalue weighted by Crippen LogP contribution is -2.40. The number of nitrogens with two attached hydrogens (primary N) is 1. The summed E-state index contributed by atoms with van der Waals surface area (Å²) in [4.78, 5) is 11.0. The predicted molar refractivity (Wildman–Crippen MR) is 54.3 cm³/mol. The van der Waals surface area contributed by atoms with Crippen LogP contribution in [0.2, 0.25) is 0 Å². The third kappa shape index (κ3) is 9.27. The number of primary sulfonamides is 1. The quantitative estimate of drug-likeness (QED) is 0.541. The number of sulfonamides is 1. The first-order valence-corrected chi connectivity index (χ1v) is 6.07. The highest BCUT2D eigenvalue weighted by molar-refractivity contribution is 7.89. The molecule has 0 aliphatic heterocycles. The Morgan fingerprint density at radius 3 is 2.43 bits per heavy atom. The largest absolute Gasteiger partial charge is 0.338 e. The summed E-state index contributed by atoms with van der Waals surface area (Å²) in [5.74, 6) is -0.116. The highest BCUT2D eigenvalue weighted by Crippen LogP contribution is 1.83. The minimum Gasteiger partial charge on any atom is -0.338 e. The molecule has 0 heterocycles. The van der Waals surface area contributed by atoms with E-state index >= 15 is 0 Å². The molecule has 0 bridgehead atoms. The summed E-state index contributed by atoms with van der Waals surface area (Å²) in [5.41, 5.74) is 0. The molecule has 0 saturated carbocycles. The van der Waals surface area contributed by atoms with Crippen LogP contribution in [0.3, 0.4) is 0 Å². The summed E-state index contributed by atoms with van der Waals surface area (Å²) in [6.45, 7) is 3.98. The monoisotopic (exact) mass is 223 g/mol. The van der Waals surface area contributed by atoms with Gasteiger partial charge in [-0.3, -0.25) is 0 Å². The lowest BCUT2D eigenvalue weighted by Gasteiger charge is -2.09. The number of rotatable bonds is 5. The molecule has 0 aromatic carbocycles. The van der Waals surface area contributed by atoms with Gasteiger partial charge in [-0.05, 0) is 20.3 Å². The zero-order valence-electron chi connectivity index (χ0n) is 8.41. The van der Waals surface area contributed by atoms with Crippen molar-refractivity contribution in [2.45, 2.75) is 26.3 Å². The van der Waals surface area contributed by atoms with Gasteiger partial charge < -0.3 is 10.6 Å². The second-order valence-corrected chi connectivity index (χ2v) is 5.01. The molecular weight excluding hydrogens is 206 g/mol. The Bertz CT molecular complexity index is 274. The molecule has 0 aromatic heterocycles. The standard InChI is InChI=1S/C7H17N3O3S/c1-6(2)10-7(11)9-4-3-5-14(8,12)13/h6H,3-5H2,1-2H3,(H2,8,12,13)(H2,9,10,11). The molecule has 14 heavy (non-hydrogen) atoms. The molecule has 0 saturated heterocycles. The van der Waals surface area contributed by atoms with Gasteiger partial charge in [0.25, 0.3) is 0 Å². The fourth-order valence-corrected chi connectivity index (χ4v) is 1.34. The Morgan fingerprint density at radius 1 is 1.43 bits per heavy atom. The van der Waals surface area contributed by atoms with E-state index in [1.54, 1.807) is 0 Å². The van der Waals surface area contributed by atoms with Crippen molar-refractivity contribution in [1.82, 2.24) is 10.6 Å². The van der Waals surface area contributed by atoms with Gasteiger partial charge in [0.2, 0.25) is 10.0 Å². The molecule has 0 aliphatic carbocycles. The highest BCUT2D eigenvalue weighted by atomic mass is 32.2. The van der Waals surface area contributed by atoms with E-state index in [9.17, 15) is 13.2 Å². The van der Waals surface area contributed by atoms with Crippen LogP contribution >= 0.6 is 0 Å². The molecule has 0 aromatic rings. The minimum atomic E-state index is -3.42. The van der Waals surface area contributed by atoms with Crippen molar-refractivity contribution >= 4 is 16.1 Å². The van der Waals surface area contributed by atoms with Crippen LogP contribution in [0.4, 0.5) is 4.79 Å². The maximum absolute atomic E-state index is 11.0.